The average molecular weight is 519 g/mol. The molecule has 3 atom stereocenters. The van der Waals surface area contributed by atoms with E-state index in [-0.39, 0.29) is 40.9 Å². The van der Waals surface area contributed by atoms with E-state index in [1.165, 1.54) is 24.5 Å². The zero-order valence-electron chi connectivity index (χ0n) is 21.2. The van der Waals surface area contributed by atoms with Gasteiger partial charge in [-0.05, 0) is 51.2 Å². The summed E-state index contributed by atoms with van der Waals surface area (Å²) in [6, 6.07) is 2.68. The van der Waals surface area contributed by atoms with Crippen molar-refractivity contribution in [2.24, 2.45) is 5.92 Å². The number of benzene rings is 1. The van der Waals surface area contributed by atoms with Crippen LogP contribution in [0, 0.1) is 29.4 Å². The first-order chi connectivity index (χ1) is 18.2. The Morgan fingerprint density at radius 3 is 2.76 bits per heavy atom. The van der Waals surface area contributed by atoms with E-state index >= 15 is 0 Å². The fraction of sp³-hybridized carbons (Fsp3) is 0.357. The molecule has 0 unspecified atom stereocenters. The molecule has 1 aliphatic heterocycles. The Bertz CT molecular complexity index is 1520. The lowest BCUT2D eigenvalue weighted by Crippen LogP contribution is -2.32. The van der Waals surface area contributed by atoms with Gasteiger partial charge >= 0.3 is 0 Å². The quantitative estimate of drug-likeness (QED) is 0.394. The summed E-state index contributed by atoms with van der Waals surface area (Å²) in [4.78, 5) is 36.5. The molecule has 38 heavy (non-hydrogen) atoms. The van der Waals surface area contributed by atoms with Gasteiger partial charge in [-0.3, -0.25) is 9.59 Å². The van der Waals surface area contributed by atoms with E-state index in [0.717, 1.165) is 18.9 Å². The van der Waals surface area contributed by atoms with Gasteiger partial charge in [0.05, 0.1) is 23.0 Å². The first-order valence-corrected chi connectivity index (χ1v) is 12.5. The summed E-state index contributed by atoms with van der Waals surface area (Å²) in [6.45, 7) is 7.51. The van der Waals surface area contributed by atoms with Crippen molar-refractivity contribution >= 4 is 28.7 Å². The van der Waals surface area contributed by atoms with Crippen molar-refractivity contribution in [1.29, 1.82) is 0 Å². The summed E-state index contributed by atoms with van der Waals surface area (Å²) in [6.07, 6.45) is 5.18. The number of likely N-dealkylation sites (tertiary alicyclic amines) is 1. The second-order valence-electron chi connectivity index (χ2n) is 9.87. The molecule has 2 amide bonds. The van der Waals surface area contributed by atoms with Gasteiger partial charge in [0, 0.05) is 24.1 Å². The summed E-state index contributed by atoms with van der Waals surface area (Å²) in [7, 11) is 0. The monoisotopic (exact) mass is 518 g/mol. The highest BCUT2D eigenvalue weighted by atomic mass is 19.2. The number of aromatic nitrogens is 3. The van der Waals surface area contributed by atoms with E-state index in [1.54, 1.807) is 11.8 Å². The number of anilines is 1. The molecule has 2 aromatic heterocycles. The van der Waals surface area contributed by atoms with Crippen molar-refractivity contribution in [1.82, 2.24) is 24.8 Å². The summed E-state index contributed by atoms with van der Waals surface area (Å²) in [5, 5.41) is 3.11. The van der Waals surface area contributed by atoms with E-state index in [1.807, 2.05) is 11.5 Å². The molecule has 1 saturated heterocycles. The molecule has 10 heteroatoms. The van der Waals surface area contributed by atoms with Crippen molar-refractivity contribution in [3.8, 4) is 11.8 Å². The number of nitrogen functional groups attached to an aromatic ring is 1. The zero-order chi connectivity index (χ0) is 27.1. The van der Waals surface area contributed by atoms with Crippen LogP contribution in [0.1, 0.15) is 66.8 Å². The third-order valence-corrected chi connectivity index (χ3v) is 7.18. The smallest absolute Gasteiger partial charge is 0.255 e. The SMILES string of the molecule is C=CC(=O)N1C[C@H](n2c(C#CC3CC3)c(C(=O)N[C@H](C)c3cccc(F)c3F)c3c(N)ncnc32)C[C@@H]1C. The lowest BCUT2D eigenvalue weighted by Gasteiger charge is -2.19. The third-order valence-electron chi connectivity index (χ3n) is 7.18. The lowest BCUT2D eigenvalue weighted by atomic mass is 10.1. The third kappa shape index (κ3) is 4.49. The number of fused-ring (bicyclic) bond motifs is 1. The van der Waals surface area contributed by atoms with Crippen LogP contribution in [0.5, 0.6) is 0 Å². The van der Waals surface area contributed by atoms with Crippen LogP contribution in [0.4, 0.5) is 14.6 Å². The van der Waals surface area contributed by atoms with Crippen LogP contribution in [0.2, 0.25) is 0 Å². The molecule has 5 rings (SSSR count). The Labute approximate surface area is 218 Å². The van der Waals surface area contributed by atoms with Crippen molar-refractivity contribution in [2.75, 3.05) is 12.3 Å². The molecule has 1 aromatic carbocycles. The van der Waals surface area contributed by atoms with Crippen LogP contribution in [0.15, 0.2) is 37.2 Å². The number of hydrogen-bond acceptors (Lipinski definition) is 5. The number of carbonyl (C=O) groups is 2. The minimum absolute atomic E-state index is 0.0140. The number of nitrogens with zero attached hydrogens (tertiary/aromatic N) is 4. The topological polar surface area (TPSA) is 106 Å². The number of nitrogens with two attached hydrogens (primary N) is 1. The zero-order valence-corrected chi connectivity index (χ0v) is 21.2. The van der Waals surface area contributed by atoms with Gasteiger partial charge in [-0.25, -0.2) is 18.7 Å². The normalized spacial score (nSPS) is 19.6. The molecule has 3 heterocycles. The molecule has 3 N–H and O–H groups in total. The van der Waals surface area contributed by atoms with Crippen molar-refractivity contribution in [3.63, 3.8) is 0 Å². The molecular formula is C28H28F2N6O2. The number of rotatable bonds is 5. The highest BCUT2D eigenvalue weighted by Gasteiger charge is 2.37. The van der Waals surface area contributed by atoms with E-state index in [4.69, 9.17) is 5.73 Å². The van der Waals surface area contributed by atoms with Gasteiger partial charge in [0.15, 0.2) is 11.6 Å². The van der Waals surface area contributed by atoms with E-state index in [9.17, 15) is 18.4 Å². The predicted octanol–water partition coefficient (Wildman–Crippen LogP) is 3.89. The molecule has 1 aliphatic carbocycles. The maximum atomic E-state index is 14.5. The lowest BCUT2D eigenvalue weighted by molar-refractivity contribution is -0.126. The minimum Gasteiger partial charge on any atom is -0.383 e. The molecule has 8 nitrogen and oxygen atoms in total. The van der Waals surface area contributed by atoms with E-state index < -0.39 is 23.6 Å². The highest BCUT2D eigenvalue weighted by Crippen LogP contribution is 2.37. The van der Waals surface area contributed by atoms with E-state index in [2.05, 4.69) is 33.7 Å². The van der Waals surface area contributed by atoms with E-state index in [0.29, 0.717) is 29.7 Å². The molecular weight excluding hydrogens is 490 g/mol. The average Bonchev–Trinajstić information content (AvgIpc) is 3.55. The van der Waals surface area contributed by atoms with Crippen molar-refractivity contribution < 1.29 is 18.4 Å². The maximum absolute atomic E-state index is 14.5. The fourth-order valence-electron chi connectivity index (χ4n) is 5.07. The molecule has 0 radical (unpaired) electrons. The Balaban J connectivity index is 1.63. The number of carbonyl (C=O) groups excluding carboxylic acids is 2. The number of halogens is 2. The molecule has 2 fully saturated rings. The van der Waals surface area contributed by atoms with Gasteiger partial charge in [-0.15, -0.1) is 0 Å². The van der Waals surface area contributed by atoms with Gasteiger partial charge in [0.25, 0.3) is 5.91 Å². The summed E-state index contributed by atoms with van der Waals surface area (Å²) < 4.78 is 30.2. The van der Waals surface area contributed by atoms with Crippen LogP contribution in [-0.4, -0.2) is 43.8 Å². The second kappa shape index (κ2) is 9.89. The first kappa shape index (κ1) is 25.4. The first-order valence-electron chi connectivity index (χ1n) is 12.5. The van der Waals surface area contributed by atoms with Crippen molar-refractivity contribution in [2.45, 2.75) is 51.2 Å². The number of amides is 2. The largest absolute Gasteiger partial charge is 0.383 e. The summed E-state index contributed by atoms with van der Waals surface area (Å²) >= 11 is 0. The minimum atomic E-state index is -1.02. The van der Waals surface area contributed by atoms with Gasteiger partial charge in [-0.1, -0.05) is 24.6 Å². The summed E-state index contributed by atoms with van der Waals surface area (Å²) in [5.74, 6) is 4.00. The fourth-order valence-corrected chi connectivity index (χ4v) is 5.07. The molecule has 3 aromatic rings. The molecule has 196 valence electrons. The van der Waals surface area contributed by atoms with Crippen LogP contribution < -0.4 is 11.1 Å². The summed E-state index contributed by atoms with van der Waals surface area (Å²) in [5.41, 5.74) is 7.30. The predicted molar refractivity (Wildman–Crippen MR) is 139 cm³/mol. The molecule has 0 bridgehead atoms. The second-order valence-corrected chi connectivity index (χ2v) is 9.87. The number of nitrogens with one attached hydrogen (secondary N) is 1. The molecule has 1 saturated carbocycles. The Morgan fingerprint density at radius 1 is 1.29 bits per heavy atom. The standard InChI is InChI=1S/C28H28F2N6O2/c1-4-22(37)35-13-18(12-15(35)2)36-21(11-10-17-8-9-17)23(24-26(31)32-14-33-27(24)36)28(38)34-16(3)19-6-5-7-20(29)25(19)30/h4-7,14-18H,1,8-9,12-13H2,2-3H3,(H,34,38)(H2,31,32,33)/t15-,16+,18+/m0/s1. The Hall–Kier alpha value is -4.26. The number of hydrogen-bond donors (Lipinski definition) is 2. The van der Waals surface area contributed by atoms with Crippen LogP contribution in [0.3, 0.4) is 0 Å². The van der Waals surface area contributed by atoms with Gasteiger partial charge in [-0.2, -0.15) is 0 Å². The molecule has 0 spiro atoms. The van der Waals surface area contributed by atoms with Gasteiger partial charge in [0.1, 0.15) is 23.5 Å². The van der Waals surface area contributed by atoms with Crippen LogP contribution in [0.25, 0.3) is 11.0 Å². The van der Waals surface area contributed by atoms with Gasteiger partial charge in [0.2, 0.25) is 5.91 Å². The van der Waals surface area contributed by atoms with Crippen LogP contribution in [-0.2, 0) is 4.79 Å². The van der Waals surface area contributed by atoms with Crippen molar-refractivity contribution in [3.05, 3.63) is 65.6 Å². The highest BCUT2D eigenvalue weighted by molar-refractivity contribution is 6.12. The van der Waals surface area contributed by atoms with Crippen LogP contribution >= 0.6 is 0 Å². The Kier molecular flexibility index (Phi) is 6.61. The Morgan fingerprint density at radius 2 is 2.05 bits per heavy atom. The van der Waals surface area contributed by atoms with Gasteiger partial charge < -0.3 is 20.5 Å². The maximum Gasteiger partial charge on any atom is 0.255 e. The molecule has 2 aliphatic rings.